The number of aliphatic hydroxyl groups excluding tert-OH is 1. The molecule has 0 aliphatic heterocycles. The van der Waals surface area contributed by atoms with Crippen molar-refractivity contribution in [3.63, 3.8) is 0 Å². The number of pyridine rings is 1. The number of hydrogen-bond acceptors (Lipinski definition) is 4. The van der Waals surface area contributed by atoms with E-state index in [-0.39, 0.29) is 16.5 Å². The molecule has 1 atom stereocenters. The minimum Gasteiger partial charge on any atom is -0.387 e. The number of aromatic nitrogens is 1. The molecular formula is C17H14Cl2N2O3S. The monoisotopic (exact) mass is 396 g/mol. The van der Waals surface area contributed by atoms with Gasteiger partial charge in [-0.05, 0) is 24.3 Å². The van der Waals surface area contributed by atoms with Crippen LogP contribution in [0.15, 0.2) is 59.6 Å². The van der Waals surface area contributed by atoms with E-state index < -0.39 is 16.1 Å². The molecule has 8 heteroatoms. The predicted octanol–water partition coefficient (Wildman–Crippen LogP) is 3.55. The fourth-order valence-corrected chi connectivity index (χ4v) is 4.24. The first kappa shape index (κ1) is 18.1. The Morgan fingerprint density at radius 2 is 1.88 bits per heavy atom. The lowest BCUT2D eigenvalue weighted by Crippen LogP contribution is -2.29. The molecule has 0 amide bonds. The van der Waals surface area contributed by atoms with Crippen LogP contribution < -0.4 is 4.72 Å². The van der Waals surface area contributed by atoms with Crippen molar-refractivity contribution in [3.05, 3.63) is 70.3 Å². The molecule has 130 valence electrons. The lowest BCUT2D eigenvalue weighted by molar-refractivity contribution is 0.182. The van der Waals surface area contributed by atoms with Gasteiger partial charge < -0.3 is 5.11 Å². The number of rotatable bonds is 5. The molecule has 1 heterocycles. The van der Waals surface area contributed by atoms with Crippen molar-refractivity contribution in [1.82, 2.24) is 9.71 Å². The molecule has 1 aromatic heterocycles. The summed E-state index contributed by atoms with van der Waals surface area (Å²) in [6, 6.07) is 13.1. The quantitative estimate of drug-likeness (QED) is 0.690. The normalized spacial score (nSPS) is 13.1. The summed E-state index contributed by atoms with van der Waals surface area (Å²) in [4.78, 5) is 4.09. The van der Waals surface area contributed by atoms with E-state index in [4.69, 9.17) is 23.2 Å². The van der Waals surface area contributed by atoms with Crippen molar-refractivity contribution in [3.8, 4) is 0 Å². The van der Waals surface area contributed by atoms with Gasteiger partial charge in [-0.15, -0.1) is 0 Å². The third-order valence-electron chi connectivity index (χ3n) is 3.66. The van der Waals surface area contributed by atoms with E-state index in [9.17, 15) is 13.5 Å². The van der Waals surface area contributed by atoms with Crippen LogP contribution in [0.2, 0.25) is 10.0 Å². The maximum absolute atomic E-state index is 12.7. The summed E-state index contributed by atoms with van der Waals surface area (Å²) >= 11 is 12.0. The molecule has 3 rings (SSSR count). The fourth-order valence-electron chi connectivity index (χ4n) is 2.45. The lowest BCUT2D eigenvalue weighted by Gasteiger charge is -2.14. The minimum absolute atomic E-state index is 0.0399. The summed E-state index contributed by atoms with van der Waals surface area (Å²) in [7, 11) is -3.93. The second kappa shape index (κ2) is 7.27. The van der Waals surface area contributed by atoms with Gasteiger partial charge in [0.15, 0.2) is 0 Å². The first-order valence-electron chi connectivity index (χ1n) is 7.35. The third kappa shape index (κ3) is 3.94. The Morgan fingerprint density at radius 1 is 1.12 bits per heavy atom. The Hall–Kier alpha value is -1.70. The fraction of sp³-hybridized carbons (Fsp3) is 0.118. The maximum Gasteiger partial charge on any atom is 0.242 e. The molecule has 0 bridgehead atoms. The van der Waals surface area contributed by atoms with Crippen molar-refractivity contribution in [2.45, 2.75) is 11.0 Å². The number of fused-ring (bicyclic) bond motifs is 1. The number of nitrogens with one attached hydrogen (secondary N) is 1. The minimum atomic E-state index is -3.93. The third-order valence-corrected chi connectivity index (χ3v) is 5.65. The van der Waals surface area contributed by atoms with Gasteiger partial charge in [0.05, 0.1) is 11.6 Å². The van der Waals surface area contributed by atoms with Crippen molar-refractivity contribution in [1.29, 1.82) is 0 Å². The first-order chi connectivity index (χ1) is 11.9. The number of hydrogen-bond donors (Lipinski definition) is 2. The number of benzene rings is 2. The van der Waals surface area contributed by atoms with Crippen LogP contribution in [0, 0.1) is 0 Å². The van der Waals surface area contributed by atoms with Gasteiger partial charge >= 0.3 is 0 Å². The van der Waals surface area contributed by atoms with Gasteiger partial charge in [0.25, 0.3) is 0 Å². The molecule has 25 heavy (non-hydrogen) atoms. The smallest absolute Gasteiger partial charge is 0.242 e. The summed E-state index contributed by atoms with van der Waals surface area (Å²) in [5.41, 5.74) is 0.757. The average molecular weight is 397 g/mol. The Kier molecular flexibility index (Phi) is 5.27. The van der Waals surface area contributed by atoms with Crippen LogP contribution in [0.4, 0.5) is 0 Å². The molecular weight excluding hydrogens is 383 g/mol. The topological polar surface area (TPSA) is 79.3 Å². The molecule has 2 N–H and O–H groups in total. The number of halogens is 2. The summed E-state index contributed by atoms with van der Waals surface area (Å²) in [6.07, 6.45) is 0.426. The second-order valence-corrected chi connectivity index (χ2v) is 7.95. The molecule has 1 unspecified atom stereocenters. The molecule has 0 spiro atoms. The van der Waals surface area contributed by atoms with Gasteiger partial charge in [0.2, 0.25) is 10.0 Å². The highest BCUT2D eigenvalue weighted by Gasteiger charge is 2.21. The zero-order valence-electron chi connectivity index (χ0n) is 12.9. The van der Waals surface area contributed by atoms with Crippen molar-refractivity contribution >= 4 is 44.1 Å². The summed E-state index contributed by atoms with van der Waals surface area (Å²) in [5.74, 6) is 0. The molecule has 0 aliphatic rings. The van der Waals surface area contributed by atoms with Gasteiger partial charge in [0.1, 0.15) is 4.90 Å². The summed E-state index contributed by atoms with van der Waals surface area (Å²) in [5, 5.41) is 11.5. The Balaban J connectivity index is 1.89. The van der Waals surface area contributed by atoms with Crippen LogP contribution in [0.1, 0.15) is 11.7 Å². The standard InChI is InChI=1S/C17H14Cl2N2O3S/c18-12-8-11-4-3-7-20-17(11)16(9-12)25(23,24)21-10-15(22)13-5-1-2-6-14(13)19/h1-9,15,21-22H,10H2. The van der Waals surface area contributed by atoms with E-state index in [1.807, 2.05) is 0 Å². The zero-order chi connectivity index (χ0) is 18.0. The number of sulfonamides is 1. The molecule has 0 radical (unpaired) electrons. The van der Waals surface area contributed by atoms with Crippen LogP contribution in [0.25, 0.3) is 10.9 Å². The average Bonchev–Trinajstić information content (AvgIpc) is 2.59. The van der Waals surface area contributed by atoms with E-state index in [2.05, 4.69) is 9.71 Å². The SMILES string of the molecule is O=S(=O)(NCC(O)c1ccccc1Cl)c1cc(Cl)cc2cccnc12. The summed E-state index contributed by atoms with van der Waals surface area (Å²) in [6.45, 7) is -0.229. The van der Waals surface area contributed by atoms with Crippen LogP contribution in [-0.4, -0.2) is 25.1 Å². The molecule has 0 saturated heterocycles. The van der Waals surface area contributed by atoms with Crippen molar-refractivity contribution in [2.24, 2.45) is 0 Å². The van der Waals surface area contributed by atoms with E-state index >= 15 is 0 Å². The maximum atomic E-state index is 12.7. The highest BCUT2D eigenvalue weighted by atomic mass is 35.5. The number of nitrogens with zero attached hydrogens (tertiary/aromatic N) is 1. The Bertz CT molecular complexity index is 1030. The van der Waals surface area contributed by atoms with Gasteiger partial charge in [0, 0.05) is 33.7 Å². The predicted molar refractivity (Wildman–Crippen MR) is 98.4 cm³/mol. The van der Waals surface area contributed by atoms with Crippen LogP contribution in [-0.2, 0) is 10.0 Å². The van der Waals surface area contributed by atoms with Crippen molar-refractivity contribution < 1.29 is 13.5 Å². The molecule has 2 aromatic carbocycles. The Labute approximate surface area is 155 Å². The highest BCUT2D eigenvalue weighted by molar-refractivity contribution is 7.89. The highest BCUT2D eigenvalue weighted by Crippen LogP contribution is 2.27. The van der Waals surface area contributed by atoms with Gasteiger partial charge in [-0.1, -0.05) is 47.5 Å². The van der Waals surface area contributed by atoms with Crippen molar-refractivity contribution in [2.75, 3.05) is 6.54 Å². The second-order valence-electron chi connectivity index (χ2n) is 5.37. The largest absolute Gasteiger partial charge is 0.387 e. The molecule has 0 saturated carbocycles. The Morgan fingerprint density at radius 3 is 2.64 bits per heavy atom. The van der Waals surface area contributed by atoms with Crippen LogP contribution in [0.5, 0.6) is 0 Å². The zero-order valence-corrected chi connectivity index (χ0v) is 15.2. The van der Waals surface area contributed by atoms with E-state index in [1.165, 1.54) is 12.3 Å². The summed E-state index contributed by atoms with van der Waals surface area (Å²) < 4.78 is 27.7. The van der Waals surface area contributed by atoms with E-state index in [0.29, 0.717) is 21.5 Å². The van der Waals surface area contributed by atoms with Crippen LogP contribution >= 0.6 is 23.2 Å². The van der Waals surface area contributed by atoms with Gasteiger partial charge in [-0.25, -0.2) is 13.1 Å². The van der Waals surface area contributed by atoms with E-state index in [0.717, 1.165) is 0 Å². The van der Waals surface area contributed by atoms with Gasteiger partial charge in [-0.2, -0.15) is 0 Å². The van der Waals surface area contributed by atoms with E-state index in [1.54, 1.807) is 42.5 Å². The molecule has 5 nitrogen and oxygen atoms in total. The molecule has 0 aliphatic carbocycles. The molecule has 3 aromatic rings. The lowest BCUT2D eigenvalue weighted by atomic mass is 10.1. The number of aliphatic hydroxyl groups is 1. The first-order valence-corrected chi connectivity index (χ1v) is 9.59. The van der Waals surface area contributed by atoms with Gasteiger partial charge in [-0.3, -0.25) is 4.98 Å². The molecule has 0 fully saturated rings. The van der Waals surface area contributed by atoms with Crippen LogP contribution in [0.3, 0.4) is 0 Å².